The van der Waals surface area contributed by atoms with Gasteiger partial charge in [0.05, 0.1) is 10.7 Å². The van der Waals surface area contributed by atoms with E-state index in [-0.39, 0.29) is 3.74 Å². The van der Waals surface area contributed by atoms with Crippen molar-refractivity contribution in [2.45, 2.75) is 10.7 Å². The van der Waals surface area contributed by atoms with E-state index >= 15 is 0 Å². The highest BCUT2D eigenvalue weighted by Gasteiger charge is 2.13. The first kappa shape index (κ1) is 8.81. The second-order valence-corrected chi connectivity index (χ2v) is 5.75. The van der Waals surface area contributed by atoms with Gasteiger partial charge in [0.1, 0.15) is 9.50 Å². The van der Waals surface area contributed by atoms with Crippen LogP contribution in [0, 0.1) is 6.92 Å². The molecular formula is C6H5Br3O. The summed E-state index contributed by atoms with van der Waals surface area (Å²) in [5.41, 5.74) is 1.11. The molecule has 0 aliphatic rings. The molecule has 0 amide bonds. The van der Waals surface area contributed by atoms with E-state index in [4.69, 9.17) is 4.42 Å². The molecule has 0 unspecified atom stereocenters. The Morgan fingerprint density at radius 2 is 2.10 bits per heavy atom. The minimum atomic E-state index is 0.0862. The van der Waals surface area contributed by atoms with Crippen molar-refractivity contribution in [2.24, 2.45) is 0 Å². The summed E-state index contributed by atoms with van der Waals surface area (Å²) < 4.78 is 6.32. The predicted octanol–water partition coefficient (Wildman–Crippen LogP) is 4.14. The van der Waals surface area contributed by atoms with Crippen LogP contribution in [-0.2, 0) is 0 Å². The van der Waals surface area contributed by atoms with Crippen LogP contribution in [0.25, 0.3) is 0 Å². The van der Waals surface area contributed by atoms with E-state index in [9.17, 15) is 0 Å². The van der Waals surface area contributed by atoms with Crippen LogP contribution in [0.3, 0.4) is 0 Å². The van der Waals surface area contributed by atoms with Crippen LogP contribution in [0.5, 0.6) is 0 Å². The van der Waals surface area contributed by atoms with Crippen molar-refractivity contribution in [1.29, 1.82) is 0 Å². The largest absolute Gasteiger partial charge is 0.466 e. The Balaban J connectivity index is 3.05. The highest BCUT2D eigenvalue weighted by Crippen LogP contribution is 2.36. The number of aryl methyl sites for hydroxylation is 1. The highest BCUT2D eigenvalue weighted by molar-refractivity contribution is 9.24. The fourth-order valence-electron chi connectivity index (χ4n) is 0.597. The van der Waals surface area contributed by atoms with E-state index in [1.165, 1.54) is 0 Å². The van der Waals surface area contributed by atoms with Gasteiger partial charge >= 0.3 is 0 Å². The van der Waals surface area contributed by atoms with Gasteiger partial charge in [0.2, 0.25) is 0 Å². The standard InChI is InChI=1S/C6H5Br3O/c1-3-2-10-5(4(3)7)6(8)9/h2,6H,1H3. The average molecular weight is 333 g/mol. The van der Waals surface area contributed by atoms with Crippen LogP contribution in [0.2, 0.25) is 0 Å². The normalized spacial score (nSPS) is 10.9. The average Bonchev–Trinajstić information content (AvgIpc) is 2.14. The molecule has 10 heavy (non-hydrogen) atoms. The number of hydrogen-bond donors (Lipinski definition) is 0. The van der Waals surface area contributed by atoms with Gasteiger partial charge in [-0.2, -0.15) is 0 Å². The van der Waals surface area contributed by atoms with Gasteiger partial charge in [0, 0.05) is 5.56 Å². The number of halogens is 3. The molecule has 1 aromatic rings. The first-order valence-electron chi connectivity index (χ1n) is 2.64. The molecule has 0 bridgehead atoms. The molecule has 1 aromatic heterocycles. The first-order chi connectivity index (χ1) is 4.63. The monoisotopic (exact) mass is 330 g/mol. The molecular weight excluding hydrogens is 328 g/mol. The quantitative estimate of drug-likeness (QED) is 0.704. The minimum Gasteiger partial charge on any atom is -0.466 e. The highest BCUT2D eigenvalue weighted by atomic mass is 79.9. The van der Waals surface area contributed by atoms with Crippen LogP contribution >= 0.6 is 47.8 Å². The predicted molar refractivity (Wildman–Crippen MR) is 51.7 cm³/mol. The third-order valence-electron chi connectivity index (χ3n) is 1.12. The maximum atomic E-state index is 5.22. The Hall–Kier alpha value is 0.720. The van der Waals surface area contributed by atoms with Crippen molar-refractivity contribution in [2.75, 3.05) is 0 Å². The van der Waals surface area contributed by atoms with Crippen molar-refractivity contribution in [3.63, 3.8) is 0 Å². The zero-order valence-corrected chi connectivity index (χ0v) is 9.95. The molecule has 0 atom stereocenters. The lowest BCUT2D eigenvalue weighted by molar-refractivity contribution is 0.527. The SMILES string of the molecule is Cc1coc(C(Br)Br)c1Br. The summed E-state index contributed by atoms with van der Waals surface area (Å²) in [4.78, 5) is 0. The topological polar surface area (TPSA) is 13.1 Å². The summed E-state index contributed by atoms with van der Waals surface area (Å²) in [5, 5.41) is 0. The molecule has 0 fully saturated rings. The third-order valence-corrected chi connectivity index (χ3v) is 2.97. The molecule has 0 aliphatic carbocycles. The second-order valence-electron chi connectivity index (χ2n) is 1.90. The van der Waals surface area contributed by atoms with Crippen molar-refractivity contribution in [3.05, 3.63) is 22.1 Å². The molecule has 0 saturated carbocycles. The van der Waals surface area contributed by atoms with Gasteiger partial charge in [-0.05, 0) is 22.9 Å². The lowest BCUT2D eigenvalue weighted by Crippen LogP contribution is -1.75. The fourth-order valence-corrected chi connectivity index (χ4v) is 2.30. The van der Waals surface area contributed by atoms with Crippen LogP contribution in [0.4, 0.5) is 0 Å². The zero-order valence-electron chi connectivity index (χ0n) is 5.20. The molecule has 4 heteroatoms. The molecule has 0 radical (unpaired) electrons. The van der Waals surface area contributed by atoms with E-state index < -0.39 is 0 Å². The van der Waals surface area contributed by atoms with Crippen molar-refractivity contribution in [3.8, 4) is 0 Å². The lowest BCUT2D eigenvalue weighted by Gasteiger charge is -1.95. The summed E-state index contributed by atoms with van der Waals surface area (Å²) in [6.07, 6.45) is 1.72. The molecule has 0 aromatic carbocycles. The van der Waals surface area contributed by atoms with Crippen LogP contribution in [0.1, 0.15) is 15.1 Å². The smallest absolute Gasteiger partial charge is 0.142 e. The molecule has 0 aliphatic heterocycles. The number of furan rings is 1. The molecule has 0 spiro atoms. The number of hydrogen-bond acceptors (Lipinski definition) is 1. The Morgan fingerprint density at radius 1 is 1.50 bits per heavy atom. The summed E-state index contributed by atoms with van der Waals surface area (Å²) in [7, 11) is 0. The van der Waals surface area contributed by atoms with Crippen molar-refractivity contribution < 1.29 is 4.42 Å². The van der Waals surface area contributed by atoms with Gasteiger partial charge in [0.15, 0.2) is 0 Å². The summed E-state index contributed by atoms with van der Waals surface area (Å²) in [6.45, 7) is 1.99. The Kier molecular flexibility index (Phi) is 3.01. The maximum Gasteiger partial charge on any atom is 0.142 e. The van der Waals surface area contributed by atoms with Gasteiger partial charge in [-0.25, -0.2) is 0 Å². The number of rotatable bonds is 1. The molecule has 56 valence electrons. The van der Waals surface area contributed by atoms with E-state index in [0.29, 0.717) is 0 Å². The van der Waals surface area contributed by atoms with E-state index in [2.05, 4.69) is 47.8 Å². The Labute approximate surface area is 84.6 Å². The minimum absolute atomic E-state index is 0.0862. The molecule has 1 heterocycles. The zero-order chi connectivity index (χ0) is 7.72. The lowest BCUT2D eigenvalue weighted by atomic mass is 10.3. The van der Waals surface area contributed by atoms with Crippen LogP contribution in [0.15, 0.2) is 15.2 Å². The molecule has 0 N–H and O–H groups in total. The molecule has 1 nitrogen and oxygen atoms in total. The Bertz CT molecular complexity index is 229. The Morgan fingerprint density at radius 3 is 2.30 bits per heavy atom. The summed E-state index contributed by atoms with van der Waals surface area (Å²) in [5.74, 6) is 0.873. The third kappa shape index (κ3) is 1.66. The van der Waals surface area contributed by atoms with Gasteiger partial charge in [-0.15, -0.1) is 0 Å². The van der Waals surface area contributed by atoms with E-state index in [1.54, 1.807) is 6.26 Å². The van der Waals surface area contributed by atoms with E-state index in [1.807, 2.05) is 6.92 Å². The van der Waals surface area contributed by atoms with Gasteiger partial charge in [-0.3, -0.25) is 0 Å². The number of alkyl halides is 2. The maximum absolute atomic E-state index is 5.22. The van der Waals surface area contributed by atoms with Crippen molar-refractivity contribution in [1.82, 2.24) is 0 Å². The van der Waals surface area contributed by atoms with Crippen LogP contribution in [-0.4, -0.2) is 0 Å². The van der Waals surface area contributed by atoms with Gasteiger partial charge < -0.3 is 4.42 Å². The fraction of sp³-hybridized carbons (Fsp3) is 0.333. The van der Waals surface area contributed by atoms with E-state index in [0.717, 1.165) is 15.8 Å². The second kappa shape index (κ2) is 3.41. The summed E-state index contributed by atoms with van der Waals surface area (Å²) in [6, 6.07) is 0. The van der Waals surface area contributed by atoms with Crippen LogP contribution < -0.4 is 0 Å². The van der Waals surface area contributed by atoms with Gasteiger partial charge in [-0.1, -0.05) is 31.9 Å². The first-order valence-corrected chi connectivity index (χ1v) is 5.27. The van der Waals surface area contributed by atoms with Gasteiger partial charge in [0.25, 0.3) is 0 Å². The molecule has 1 rings (SSSR count). The summed E-state index contributed by atoms with van der Waals surface area (Å²) >= 11 is 10.1. The van der Waals surface area contributed by atoms with Crippen molar-refractivity contribution >= 4 is 47.8 Å². The molecule has 0 saturated heterocycles.